The monoisotopic (exact) mass is 460 g/mol. The lowest BCUT2D eigenvalue weighted by molar-refractivity contribution is -0.0800. The van der Waals surface area contributed by atoms with Crippen LogP contribution in [-0.2, 0) is 23.5 Å². The van der Waals surface area contributed by atoms with Crippen LogP contribution in [0.2, 0.25) is 0 Å². The van der Waals surface area contributed by atoms with Gasteiger partial charge in [0.05, 0.1) is 29.7 Å². The number of rotatable bonds is 5. The summed E-state index contributed by atoms with van der Waals surface area (Å²) in [7, 11) is 0. The zero-order valence-electron chi connectivity index (χ0n) is 18.9. The molecule has 3 aromatic rings. The molecule has 7 heteroatoms. The van der Waals surface area contributed by atoms with E-state index < -0.39 is 11.6 Å². The van der Waals surface area contributed by atoms with Gasteiger partial charge in [-0.25, -0.2) is 8.78 Å². The minimum absolute atomic E-state index is 0.194. The van der Waals surface area contributed by atoms with Gasteiger partial charge < -0.3 is 4.74 Å². The van der Waals surface area contributed by atoms with Gasteiger partial charge in [0.15, 0.2) is 11.6 Å². The van der Waals surface area contributed by atoms with Gasteiger partial charge in [0.1, 0.15) is 0 Å². The Bertz CT molecular complexity index is 1230. The molecule has 1 aromatic carbocycles. The van der Waals surface area contributed by atoms with Gasteiger partial charge in [-0.15, -0.1) is 0 Å². The summed E-state index contributed by atoms with van der Waals surface area (Å²) in [4.78, 5) is 16.1. The Hall–Kier alpha value is -3.03. The van der Waals surface area contributed by atoms with E-state index in [1.807, 2.05) is 24.7 Å². The average Bonchev–Trinajstić information content (AvgIpc) is 3.63. The van der Waals surface area contributed by atoms with Gasteiger partial charge in [0.2, 0.25) is 0 Å². The first-order valence-corrected chi connectivity index (χ1v) is 11.9. The van der Waals surface area contributed by atoms with Gasteiger partial charge in [-0.1, -0.05) is 6.07 Å². The topological polar surface area (TPSA) is 50.6 Å². The van der Waals surface area contributed by atoms with Crippen molar-refractivity contribution in [3.05, 3.63) is 94.6 Å². The van der Waals surface area contributed by atoms with Crippen molar-refractivity contribution < 1.29 is 13.5 Å². The van der Waals surface area contributed by atoms with E-state index in [9.17, 15) is 8.78 Å². The highest BCUT2D eigenvalue weighted by atomic mass is 19.2. The summed E-state index contributed by atoms with van der Waals surface area (Å²) >= 11 is 0. The second-order valence-electron chi connectivity index (χ2n) is 9.48. The van der Waals surface area contributed by atoms with Crippen molar-refractivity contribution in [1.29, 1.82) is 0 Å². The third-order valence-corrected chi connectivity index (χ3v) is 7.10. The van der Waals surface area contributed by atoms with E-state index in [-0.39, 0.29) is 11.6 Å². The molecule has 4 heterocycles. The molecule has 0 atom stereocenters. The molecule has 2 fully saturated rings. The summed E-state index contributed by atoms with van der Waals surface area (Å²) in [6.07, 6.45) is 9.61. The summed E-state index contributed by atoms with van der Waals surface area (Å²) in [5.41, 5.74) is 5.29. The number of fused-ring (bicyclic) bond motifs is 2. The fourth-order valence-corrected chi connectivity index (χ4v) is 4.97. The van der Waals surface area contributed by atoms with E-state index in [1.165, 1.54) is 17.2 Å². The fourth-order valence-electron chi connectivity index (χ4n) is 4.97. The Morgan fingerprint density at radius 3 is 2.65 bits per heavy atom. The first kappa shape index (κ1) is 21.5. The number of benzene rings is 1. The number of hydrogen-bond acceptors (Lipinski definition) is 5. The minimum atomic E-state index is -0.870. The van der Waals surface area contributed by atoms with Crippen LogP contribution in [0.3, 0.4) is 0 Å². The van der Waals surface area contributed by atoms with Gasteiger partial charge in [0, 0.05) is 49.4 Å². The Balaban J connectivity index is 1.15. The summed E-state index contributed by atoms with van der Waals surface area (Å²) < 4.78 is 33.5. The maximum absolute atomic E-state index is 13.9. The zero-order valence-corrected chi connectivity index (χ0v) is 18.9. The van der Waals surface area contributed by atoms with Crippen molar-refractivity contribution in [2.45, 2.75) is 50.5 Å². The summed E-state index contributed by atoms with van der Waals surface area (Å²) in [5.74, 6) is -1.73. The van der Waals surface area contributed by atoms with Crippen LogP contribution in [-0.4, -0.2) is 39.7 Å². The number of ether oxygens (including phenoxy) is 1. The highest BCUT2D eigenvalue weighted by Gasteiger charge is 2.42. The summed E-state index contributed by atoms with van der Waals surface area (Å²) in [5, 5.41) is 0. The molecule has 1 aliphatic carbocycles. The van der Waals surface area contributed by atoms with Gasteiger partial charge in [0.25, 0.3) is 0 Å². The van der Waals surface area contributed by atoms with Crippen molar-refractivity contribution in [2.24, 2.45) is 4.99 Å². The first-order chi connectivity index (χ1) is 16.6. The summed E-state index contributed by atoms with van der Waals surface area (Å²) in [6.45, 7) is 3.37. The van der Waals surface area contributed by atoms with Crippen molar-refractivity contribution in [1.82, 2.24) is 14.9 Å². The van der Waals surface area contributed by atoms with Crippen LogP contribution in [0.25, 0.3) is 0 Å². The van der Waals surface area contributed by atoms with E-state index in [2.05, 4.69) is 27.0 Å². The van der Waals surface area contributed by atoms with Gasteiger partial charge in [-0.2, -0.15) is 0 Å². The largest absolute Gasteiger partial charge is 0.365 e. The molecule has 5 nitrogen and oxygen atoms in total. The second-order valence-corrected chi connectivity index (χ2v) is 9.48. The normalized spacial score (nSPS) is 20.0. The van der Waals surface area contributed by atoms with Crippen LogP contribution in [0, 0.1) is 11.6 Å². The number of aromatic nitrogens is 2. The molecule has 174 valence electrons. The van der Waals surface area contributed by atoms with Gasteiger partial charge in [-0.05, 0) is 67.1 Å². The summed E-state index contributed by atoms with van der Waals surface area (Å²) in [6, 6.07) is 10.2. The Morgan fingerprint density at radius 1 is 1.06 bits per heavy atom. The Kier molecular flexibility index (Phi) is 5.46. The smallest absolute Gasteiger partial charge is 0.159 e. The van der Waals surface area contributed by atoms with Crippen LogP contribution >= 0.6 is 0 Å². The van der Waals surface area contributed by atoms with E-state index in [0.717, 1.165) is 56.9 Å². The molecular weight excluding hydrogens is 434 g/mol. The lowest BCUT2D eigenvalue weighted by Crippen LogP contribution is -2.42. The van der Waals surface area contributed by atoms with Crippen molar-refractivity contribution in [3.8, 4) is 0 Å². The number of aliphatic imine (C=N–C) groups is 1. The third-order valence-electron chi connectivity index (χ3n) is 7.10. The molecule has 1 saturated carbocycles. The van der Waals surface area contributed by atoms with E-state index in [0.29, 0.717) is 23.6 Å². The second kappa shape index (κ2) is 8.64. The van der Waals surface area contributed by atoms with Crippen LogP contribution in [0.15, 0.2) is 60.0 Å². The maximum Gasteiger partial charge on any atom is 0.159 e. The third kappa shape index (κ3) is 4.14. The Morgan fingerprint density at radius 2 is 1.91 bits per heavy atom. The standard InChI is InChI=1S/C27H26F2N4O/c28-23-5-2-19(13-24(23)29)26(32-21-3-4-21)25-6-1-18(14-31-25)16-33-11-8-27(9-12-33)22-15-30-10-7-20(22)17-34-27/h1-2,5-7,10,13-15,21H,3-4,8-9,11-12,16-17H2/b32-26-. The predicted molar refractivity (Wildman–Crippen MR) is 124 cm³/mol. The average molecular weight is 461 g/mol. The highest BCUT2D eigenvalue weighted by molar-refractivity contribution is 6.11. The predicted octanol–water partition coefficient (Wildman–Crippen LogP) is 4.78. The van der Waals surface area contributed by atoms with Crippen molar-refractivity contribution in [2.75, 3.05) is 13.1 Å². The molecule has 1 saturated heterocycles. The molecule has 0 unspecified atom stereocenters. The molecule has 0 bridgehead atoms. The van der Waals surface area contributed by atoms with Crippen molar-refractivity contribution >= 4 is 5.71 Å². The lowest BCUT2D eigenvalue weighted by Gasteiger charge is -2.39. The number of piperidine rings is 1. The number of pyridine rings is 2. The van der Waals surface area contributed by atoms with Crippen molar-refractivity contribution in [3.63, 3.8) is 0 Å². The molecule has 6 rings (SSSR count). The lowest BCUT2D eigenvalue weighted by atomic mass is 9.84. The van der Waals surface area contributed by atoms with Crippen LogP contribution in [0.1, 0.15) is 53.6 Å². The number of likely N-dealkylation sites (tertiary alicyclic amines) is 1. The molecule has 2 aromatic heterocycles. The van der Waals surface area contributed by atoms with Gasteiger partial charge in [-0.3, -0.25) is 19.9 Å². The minimum Gasteiger partial charge on any atom is -0.365 e. The van der Waals surface area contributed by atoms with Crippen LogP contribution in [0.4, 0.5) is 8.78 Å². The van der Waals surface area contributed by atoms with Crippen LogP contribution in [0.5, 0.6) is 0 Å². The maximum atomic E-state index is 13.9. The molecular formula is C27H26F2N4O. The number of hydrogen-bond donors (Lipinski definition) is 0. The molecule has 34 heavy (non-hydrogen) atoms. The molecule has 0 radical (unpaired) electrons. The first-order valence-electron chi connectivity index (χ1n) is 11.9. The zero-order chi connectivity index (χ0) is 23.1. The molecule has 3 aliphatic rings. The number of nitrogens with zero attached hydrogens (tertiary/aromatic N) is 4. The van der Waals surface area contributed by atoms with E-state index in [4.69, 9.17) is 9.73 Å². The quantitative estimate of drug-likeness (QED) is 0.515. The van der Waals surface area contributed by atoms with Gasteiger partial charge >= 0.3 is 0 Å². The van der Waals surface area contributed by atoms with E-state index in [1.54, 1.807) is 6.07 Å². The molecule has 0 N–H and O–H groups in total. The molecule has 2 aliphatic heterocycles. The fraction of sp³-hybridized carbons (Fsp3) is 0.370. The Labute approximate surface area is 197 Å². The molecule has 0 amide bonds. The SMILES string of the molecule is Fc1ccc(/C(=N/C2CC2)c2ccc(CN3CCC4(CC3)OCc3ccncc34)cn2)cc1F. The van der Waals surface area contributed by atoms with Crippen LogP contribution < -0.4 is 0 Å². The number of halogens is 2. The molecule has 1 spiro atoms. The highest BCUT2D eigenvalue weighted by Crippen LogP contribution is 2.43. The van der Waals surface area contributed by atoms with E-state index >= 15 is 0 Å².